The van der Waals surface area contributed by atoms with Crippen molar-refractivity contribution in [3.8, 4) is 28.7 Å². The molecule has 104 valence electrons. The van der Waals surface area contributed by atoms with E-state index < -0.39 is 5.97 Å². The fraction of sp³-hybridized carbons (Fsp3) is 0. The molecule has 0 atom stereocenters. The minimum absolute atomic E-state index is 0.0817. The van der Waals surface area contributed by atoms with Crippen molar-refractivity contribution in [1.82, 2.24) is 10.2 Å². The lowest BCUT2D eigenvalue weighted by molar-refractivity contribution is 0.0697. The number of carboxylic acid groups (broad SMARTS) is 1. The number of aromatic nitrogens is 2. The van der Waals surface area contributed by atoms with E-state index in [4.69, 9.17) is 9.52 Å². The van der Waals surface area contributed by atoms with Crippen LogP contribution < -0.4 is 0 Å². The number of carboxylic acids is 1. The normalized spacial score (nSPS) is 10.5. The molecule has 0 bridgehead atoms. The first kappa shape index (κ1) is 12.9. The minimum Gasteiger partial charge on any atom is -0.508 e. The molecule has 0 aliphatic carbocycles. The van der Waals surface area contributed by atoms with Crippen LogP contribution in [0.1, 0.15) is 10.4 Å². The van der Waals surface area contributed by atoms with Crippen LogP contribution in [0.3, 0.4) is 0 Å². The van der Waals surface area contributed by atoms with Gasteiger partial charge in [0.05, 0.1) is 11.1 Å². The highest BCUT2D eigenvalue weighted by Crippen LogP contribution is 2.27. The van der Waals surface area contributed by atoms with Crippen LogP contribution in [0.25, 0.3) is 22.9 Å². The Labute approximate surface area is 119 Å². The molecule has 0 aliphatic heterocycles. The predicted octanol–water partition coefficient (Wildman–Crippen LogP) is 2.81. The van der Waals surface area contributed by atoms with Crippen molar-refractivity contribution in [3.63, 3.8) is 0 Å². The van der Waals surface area contributed by atoms with E-state index in [2.05, 4.69) is 10.2 Å². The van der Waals surface area contributed by atoms with E-state index >= 15 is 0 Å². The molecule has 2 aromatic carbocycles. The number of phenolic OH excluding ortho intramolecular Hbond substituents is 1. The van der Waals surface area contributed by atoms with Crippen LogP contribution >= 0.6 is 0 Å². The van der Waals surface area contributed by atoms with E-state index in [9.17, 15) is 9.90 Å². The van der Waals surface area contributed by atoms with Crippen molar-refractivity contribution in [1.29, 1.82) is 0 Å². The first-order valence-corrected chi connectivity index (χ1v) is 6.11. The van der Waals surface area contributed by atoms with Crippen molar-refractivity contribution in [2.45, 2.75) is 0 Å². The van der Waals surface area contributed by atoms with Crippen LogP contribution in [0.15, 0.2) is 52.9 Å². The Morgan fingerprint density at radius 2 is 1.76 bits per heavy atom. The molecule has 1 aromatic heterocycles. The average molecular weight is 282 g/mol. The van der Waals surface area contributed by atoms with Gasteiger partial charge in [-0.15, -0.1) is 10.2 Å². The van der Waals surface area contributed by atoms with Crippen molar-refractivity contribution in [2.24, 2.45) is 0 Å². The van der Waals surface area contributed by atoms with Gasteiger partial charge in [-0.3, -0.25) is 0 Å². The topological polar surface area (TPSA) is 96.5 Å². The number of phenols is 1. The third kappa shape index (κ3) is 2.46. The maximum atomic E-state index is 11.2. The van der Waals surface area contributed by atoms with Crippen molar-refractivity contribution in [2.75, 3.05) is 0 Å². The first-order valence-electron chi connectivity index (χ1n) is 6.11. The number of nitrogens with zero attached hydrogens (tertiary/aromatic N) is 2. The fourth-order valence-corrected chi connectivity index (χ4v) is 1.94. The number of aromatic carboxylic acids is 1. The third-order valence-corrected chi connectivity index (χ3v) is 2.91. The van der Waals surface area contributed by atoms with E-state index in [0.717, 1.165) is 0 Å². The van der Waals surface area contributed by atoms with Crippen LogP contribution in [0, 0.1) is 0 Å². The summed E-state index contributed by atoms with van der Waals surface area (Å²) in [6, 6.07) is 12.8. The van der Waals surface area contributed by atoms with Crippen LogP contribution in [0.5, 0.6) is 5.75 Å². The maximum Gasteiger partial charge on any atom is 0.336 e. The van der Waals surface area contributed by atoms with Gasteiger partial charge in [-0.05, 0) is 30.3 Å². The number of hydrogen-bond acceptors (Lipinski definition) is 5. The Bertz CT molecular complexity index is 811. The Balaban J connectivity index is 2.05. The zero-order valence-corrected chi connectivity index (χ0v) is 10.7. The zero-order valence-electron chi connectivity index (χ0n) is 10.7. The van der Waals surface area contributed by atoms with Gasteiger partial charge in [0, 0.05) is 5.56 Å². The van der Waals surface area contributed by atoms with Gasteiger partial charge in [0.25, 0.3) is 0 Å². The van der Waals surface area contributed by atoms with Crippen LogP contribution in [0.2, 0.25) is 0 Å². The highest BCUT2D eigenvalue weighted by Gasteiger charge is 2.17. The lowest BCUT2D eigenvalue weighted by atomic mass is 10.1. The molecule has 0 fully saturated rings. The molecule has 6 heteroatoms. The molecule has 1 heterocycles. The summed E-state index contributed by atoms with van der Waals surface area (Å²) >= 11 is 0. The minimum atomic E-state index is -1.07. The van der Waals surface area contributed by atoms with E-state index in [1.54, 1.807) is 30.3 Å². The highest BCUT2D eigenvalue weighted by atomic mass is 16.4. The molecule has 0 saturated carbocycles. The highest BCUT2D eigenvalue weighted by molar-refractivity contribution is 5.94. The second-order valence-electron chi connectivity index (χ2n) is 4.31. The lowest BCUT2D eigenvalue weighted by Gasteiger charge is -2.00. The van der Waals surface area contributed by atoms with Crippen LogP contribution in [-0.2, 0) is 0 Å². The van der Waals surface area contributed by atoms with E-state index in [1.807, 2.05) is 0 Å². The summed E-state index contributed by atoms with van der Waals surface area (Å²) < 4.78 is 5.50. The SMILES string of the molecule is O=C(O)c1ccccc1-c1nnc(-c2cccc(O)c2)o1. The second-order valence-corrected chi connectivity index (χ2v) is 4.31. The summed E-state index contributed by atoms with van der Waals surface area (Å²) in [5, 5.41) is 26.4. The molecular weight excluding hydrogens is 272 g/mol. The largest absolute Gasteiger partial charge is 0.508 e. The summed E-state index contributed by atoms with van der Waals surface area (Å²) in [7, 11) is 0. The molecular formula is C15H10N2O4. The van der Waals surface area contributed by atoms with E-state index in [-0.39, 0.29) is 23.1 Å². The summed E-state index contributed by atoms with van der Waals surface area (Å²) in [5.74, 6) is -0.659. The molecule has 0 aliphatic rings. The van der Waals surface area contributed by atoms with Crippen molar-refractivity contribution < 1.29 is 19.4 Å². The fourth-order valence-electron chi connectivity index (χ4n) is 1.94. The second kappa shape index (κ2) is 5.09. The number of rotatable bonds is 3. The van der Waals surface area contributed by atoms with Crippen molar-refractivity contribution in [3.05, 3.63) is 54.1 Å². The molecule has 21 heavy (non-hydrogen) atoms. The van der Waals surface area contributed by atoms with Gasteiger partial charge in [-0.1, -0.05) is 18.2 Å². The monoisotopic (exact) mass is 282 g/mol. The standard InChI is InChI=1S/C15H10N2O4/c18-10-5-3-4-9(8-10)13-16-17-14(21-13)11-6-1-2-7-12(11)15(19)20/h1-8,18H,(H,19,20). The lowest BCUT2D eigenvalue weighted by Crippen LogP contribution is -1.98. The molecule has 0 unspecified atom stereocenters. The average Bonchev–Trinajstić information content (AvgIpc) is 2.97. The van der Waals surface area contributed by atoms with Gasteiger partial charge in [0.1, 0.15) is 5.75 Å². The Hall–Kier alpha value is -3.15. The maximum absolute atomic E-state index is 11.2. The van der Waals surface area contributed by atoms with Gasteiger partial charge < -0.3 is 14.6 Å². The van der Waals surface area contributed by atoms with Crippen LogP contribution in [-0.4, -0.2) is 26.4 Å². The zero-order chi connectivity index (χ0) is 14.8. The molecule has 0 spiro atoms. The molecule has 0 radical (unpaired) electrons. The van der Waals surface area contributed by atoms with Gasteiger partial charge in [0.15, 0.2) is 0 Å². The molecule has 0 amide bonds. The smallest absolute Gasteiger partial charge is 0.336 e. The Morgan fingerprint density at radius 3 is 2.52 bits per heavy atom. The van der Waals surface area contributed by atoms with Gasteiger partial charge in [-0.2, -0.15) is 0 Å². The van der Waals surface area contributed by atoms with Crippen LogP contribution in [0.4, 0.5) is 0 Å². The van der Waals surface area contributed by atoms with Gasteiger partial charge in [0.2, 0.25) is 11.8 Å². The molecule has 0 saturated heterocycles. The molecule has 6 nitrogen and oxygen atoms in total. The Morgan fingerprint density at radius 1 is 1.00 bits per heavy atom. The molecule has 3 rings (SSSR count). The number of hydrogen-bond donors (Lipinski definition) is 2. The predicted molar refractivity (Wildman–Crippen MR) is 73.8 cm³/mol. The quantitative estimate of drug-likeness (QED) is 0.766. The third-order valence-electron chi connectivity index (χ3n) is 2.91. The summed E-state index contributed by atoms with van der Waals surface area (Å²) in [5.41, 5.74) is 0.995. The number of aromatic hydroxyl groups is 1. The summed E-state index contributed by atoms with van der Waals surface area (Å²) in [6.07, 6.45) is 0. The van der Waals surface area contributed by atoms with Gasteiger partial charge >= 0.3 is 5.97 Å². The number of benzene rings is 2. The van der Waals surface area contributed by atoms with Crippen molar-refractivity contribution >= 4 is 5.97 Å². The molecule has 3 aromatic rings. The summed E-state index contributed by atoms with van der Waals surface area (Å²) in [6.45, 7) is 0. The summed E-state index contributed by atoms with van der Waals surface area (Å²) in [4.78, 5) is 11.2. The number of carbonyl (C=O) groups is 1. The van der Waals surface area contributed by atoms with Gasteiger partial charge in [-0.25, -0.2) is 4.79 Å². The van der Waals surface area contributed by atoms with E-state index in [1.165, 1.54) is 18.2 Å². The first-order chi connectivity index (χ1) is 10.1. The van der Waals surface area contributed by atoms with E-state index in [0.29, 0.717) is 11.1 Å². The molecule has 2 N–H and O–H groups in total. The Kier molecular flexibility index (Phi) is 3.12.